The van der Waals surface area contributed by atoms with Gasteiger partial charge in [0.15, 0.2) is 5.78 Å². The number of ketones is 1. The van der Waals surface area contributed by atoms with E-state index >= 15 is 0 Å². The van der Waals surface area contributed by atoms with Crippen LogP contribution in [0.4, 0.5) is 21.0 Å². The van der Waals surface area contributed by atoms with E-state index in [2.05, 4.69) is 16.0 Å². The van der Waals surface area contributed by atoms with Gasteiger partial charge in [0, 0.05) is 48.5 Å². The van der Waals surface area contributed by atoms with Crippen LogP contribution in [0.1, 0.15) is 67.4 Å². The van der Waals surface area contributed by atoms with Crippen molar-refractivity contribution >= 4 is 29.2 Å². The molecule has 1 aliphatic carbocycles. The lowest BCUT2D eigenvalue weighted by molar-refractivity contribution is 0.101. The average Bonchev–Trinajstić information content (AvgIpc) is 2.87. The number of benzene rings is 1. The van der Waals surface area contributed by atoms with Crippen LogP contribution in [0.3, 0.4) is 0 Å². The summed E-state index contributed by atoms with van der Waals surface area (Å²) in [5.74, 6) is 0.255. The SMILES string of the molecule is CC(=O)c1ccc(NC(=O)Nc2ccc3n(c2=O)C[C@@H]2C[C@@H]3CN(C(=O)NC3CCCCC3)C2)cc1. The van der Waals surface area contributed by atoms with Crippen LogP contribution in [0.2, 0.25) is 0 Å². The number of aromatic nitrogens is 1. The van der Waals surface area contributed by atoms with Gasteiger partial charge in [0.25, 0.3) is 5.56 Å². The number of pyridine rings is 1. The van der Waals surface area contributed by atoms with E-state index in [0.29, 0.717) is 30.9 Å². The summed E-state index contributed by atoms with van der Waals surface area (Å²) in [6, 6.07) is 9.88. The highest BCUT2D eigenvalue weighted by Crippen LogP contribution is 2.35. The first kappa shape index (κ1) is 24.1. The van der Waals surface area contributed by atoms with E-state index in [4.69, 9.17) is 0 Å². The highest BCUT2D eigenvalue weighted by atomic mass is 16.2. The maximum absolute atomic E-state index is 13.2. The summed E-state index contributed by atoms with van der Waals surface area (Å²) in [7, 11) is 0. The van der Waals surface area contributed by atoms with Gasteiger partial charge in [-0.2, -0.15) is 0 Å². The zero-order chi connectivity index (χ0) is 25.2. The van der Waals surface area contributed by atoms with Crippen molar-refractivity contribution in [2.75, 3.05) is 23.7 Å². The van der Waals surface area contributed by atoms with Crippen LogP contribution in [0.15, 0.2) is 41.2 Å². The second kappa shape index (κ2) is 10.2. The molecule has 2 atom stereocenters. The Kier molecular flexibility index (Phi) is 6.80. The molecule has 190 valence electrons. The molecule has 9 nitrogen and oxygen atoms in total. The molecular weight excluding hydrogens is 458 g/mol. The highest BCUT2D eigenvalue weighted by molar-refractivity contribution is 6.00. The molecule has 9 heteroatoms. The quantitative estimate of drug-likeness (QED) is 0.558. The van der Waals surface area contributed by atoms with Crippen molar-refractivity contribution in [3.63, 3.8) is 0 Å². The van der Waals surface area contributed by atoms with Crippen molar-refractivity contribution in [3.8, 4) is 0 Å². The third-order valence-electron chi connectivity index (χ3n) is 7.62. The maximum atomic E-state index is 13.2. The van der Waals surface area contributed by atoms with Crippen molar-refractivity contribution in [3.05, 3.63) is 58.0 Å². The fourth-order valence-corrected chi connectivity index (χ4v) is 5.79. The van der Waals surface area contributed by atoms with Crippen molar-refractivity contribution in [1.82, 2.24) is 14.8 Å². The number of hydrogen-bond acceptors (Lipinski definition) is 4. The summed E-state index contributed by atoms with van der Waals surface area (Å²) in [4.78, 5) is 52.0. The topological polar surface area (TPSA) is 113 Å². The smallest absolute Gasteiger partial charge is 0.323 e. The summed E-state index contributed by atoms with van der Waals surface area (Å²) in [5, 5.41) is 8.57. The first-order chi connectivity index (χ1) is 17.4. The molecule has 5 rings (SSSR count). The van der Waals surface area contributed by atoms with Gasteiger partial charge in [-0.15, -0.1) is 0 Å². The first-order valence-electron chi connectivity index (χ1n) is 12.9. The molecule has 3 heterocycles. The van der Waals surface area contributed by atoms with Crippen LogP contribution in [0, 0.1) is 5.92 Å². The molecule has 2 fully saturated rings. The van der Waals surface area contributed by atoms with Crippen LogP contribution in [0.5, 0.6) is 0 Å². The largest absolute Gasteiger partial charge is 0.335 e. The lowest BCUT2D eigenvalue weighted by Gasteiger charge is -2.43. The normalized spacial score (nSPS) is 21.3. The van der Waals surface area contributed by atoms with Gasteiger partial charge in [0.1, 0.15) is 5.69 Å². The number of hydrogen-bond donors (Lipinski definition) is 3. The fraction of sp³-hybridized carbons (Fsp3) is 0.481. The van der Waals surface area contributed by atoms with Crippen LogP contribution in [0.25, 0.3) is 0 Å². The maximum Gasteiger partial charge on any atom is 0.323 e. The summed E-state index contributed by atoms with van der Waals surface area (Å²) in [5.41, 5.74) is 1.98. The van der Waals surface area contributed by atoms with Crippen molar-refractivity contribution in [1.29, 1.82) is 0 Å². The zero-order valence-corrected chi connectivity index (χ0v) is 20.6. The second-order valence-electron chi connectivity index (χ2n) is 10.3. The highest BCUT2D eigenvalue weighted by Gasteiger charge is 2.37. The Morgan fingerprint density at radius 3 is 2.36 bits per heavy atom. The van der Waals surface area contributed by atoms with Crippen molar-refractivity contribution in [2.24, 2.45) is 5.92 Å². The number of rotatable bonds is 4. The number of carbonyl (C=O) groups is 3. The summed E-state index contributed by atoms with van der Waals surface area (Å²) >= 11 is 0. The van der Waals surface area contributed by atoms with Crippen LogP contribution in [-0.4, -0.2) is 46.4 Å². The Morgan fingerprint density at radius 1 is 0.889 bits per heavy atom. The summed E-state index contributed by atoms with van der Waals surface area (Å²) in [6.45, 7) is 3.24. The Balaban J connectivity index is 1.24. The minimum atomic E-state index is -0.523. The van der Waals surface area contributed by atoms with E-state index in [0.717, 1.165) is 25.0 Å². The Morgan fingerprint density at radius 2 is 1.64 bits per heavy atom. The number of nitrogens with one attached hydrogen (secondary N) is 3. The lowest BCUT2D eigenvalue weighted by atomic mass is 9.83. The molecule has 1 aromatic heterocycles. The molecule has 2 bridgehead atoms. The molecule has 0 spiro atoms. The third kappa shape index (κ3) is 5.15. The fourth-order valence-electron chi connectivity index (χ4n) is 5.79. The van der Waals surface area contributed by atoms with E-state index in [1.165, 1.54) is 26.2 Å². The van der Waals surface area contributed by atoms with E-state index in [-0.39, 0.29) is 40.9 Å². The summed E-state index contributed by atoms with van der Waals surface area (Å²) in [6.07, 6.45) is 6.66. The molecule has 0 unspecified atom stereocenters. The molecule has 3 N–H and O–H groups in total. The predicted molar refractivity (Wildman–Crippen MR) is 138 cm³/mol. The Labute approximate surface area is 210 Å². The Bertz CT molecular complexity index is 1220. The van der Waals surface area contributed by atoms with E-state index in [1.807, 2.05) is 11.0 Å². The molecule has 3 aliphatic rings. The lowest BCUT2D eigenvalue weighted by Crippen LogP contribution is -2.53. The standard InChI is InChI=1S/C27H33N5O4/c1-17(33)19-7-9-22(10-8-19)28-26(35)30-23-11-12-24-20-13-18(15-32(24)25(23)34)14-31(16-20)27(36)29-21-5-3-2-4-6-21/h7-12,18,20-21H,2-6,13-16H2,1H3,(H,29,36)(H2,28,30,35)/t18-,20-/m1/s1. The average molecular weight is 492 g/mol. The number of likely N-dealkylation sites (tertiary alicyclic amines) is 1. The predicted octanol–water partition coefficient (Wildman–Crippen LogP) is 4.16. The van der Waals surface area contributed by atoms with Gasteiger partial charge in [0.2, 0.25) is 0 Å². The number of urea groups is 2. The van der Waals surface area contributed by atoms with E-state index in [1.54, 1.807) is 34.9 Å². The first-order valence-corrected chi connectivity index (χ1v) is 12.9. The third-order valence-corrected chi connectivity index (χ3v) is 7.62. The van der Waals surface area contributed by atoms with Gasteiger partial charge in [-0.1, -0.05) is 19.3 Å². The Hall–Kier alpha value is -3.62. The van der Waals surface area contributed by atoms with Crippen molar-refractivity contribution in [2.45, 2.75) is 64.0 Å². The monoisotopic (exact) mass is 491 g/mol. The molecule has 2 aliphatic heterocycles. The number of carbonyl (C=O) groups excluding carboxylic acids is 3. The molecule has 4 amide bonds. The van der Waals surface area contributed by atoms with Gasteiger partial charge in [0.05, 0.1) is 0 Å². The summed E-state index contributed by atoms with van der Waals surface area (Å²) < 4.78 is 1.76. The van der Waals surface area contributed by atoms with E-state index < -0.39 is 6.03 Å². The number of Topliss-reactive ketones (excluding diaryl/α,β-unsaturated/α-hetero) is 1. The zero-order valence-electron chi connectivity index (χ0n) is 20.6. The van der Waals surface area contributed by atoms with Gasteiger partial charge in [-0.25, -0.2) is 9.59 Å². The number of fused-ring (bicyclic) bond motifs is 4. The molecule has 36 heavy (non-hydrogen) atoms. The van der Waals surface area contributed by atoms with Gasteiger partial charge in [-0.3, -0.25) is 9.59 Å². The molecule has 1 saturated carbocycles. The van der Waals surface area contributed by atoms with Crippen molar-refractivity contribution < 1.29 is 14.4 Å². The molecule has 1 aromatic carbocycles. The van der Waals surface area contributed by atoms with Gasteiger partial charge >= 0.3 is 12.1 Å². The minimum absolute atomic E-state index is 0.0127. The van der Waals surface area contributed by atoms with E-state index in [9.17, 15) is 19.2 Å². The number of amides is 4. The molecule has 2 aromatic rings. The number of piperidine rings is 1. The van der Waals surface area contributed by atoms with Crippen LogP contribution < -0.4 is 21.5 Å². The van der Waals surface area contributed by atoms with Gasteiger partial charge < -0.3 is 25.4 Å². The van der Waals surface area contributed by atoms with Crippen LogP contribution >= 0.6 is 0 Å². The number of anilines is 2. The second-order valence-corrected chi connectivity index (χ2v) is 10.3. The molecular formula is C27H33N5O4. The minimum Gasteiger partial charge on any atom is -0.335 e. The molecule has 1 saturated heterocycles. The number of nitrogens with zero attached hydrogens (tertiary/aromatic N) is 2. The van der Waals surface area contributed by atoms with Gasteiger partial charge in [-0.05, 0) is 68.5 Å². The van der Waals surface area contributed by atoms with Crippen LogP contribution in [-0.2, 0) is 6.54 Å². The molecule has 0 radical (unpaired) electrons.